The van der Waals surface area contributed by atoms with E-state index in [1.165, 1.54) is 12.8 Å². The van der Waals surface area contributed by atoms with Crippen LogP contribution in [0.15, 0.2) is 28.7 Å². The molecule has 2 bridgehead atoms. The van der Waals surface area contributed by atoms with Crippen LogP contribution in [-0.4, -0.2) is 48.2 Å². The number of piperidine rings is 3. The fourth-order valence-electron chi connectivity index (χ4n) is 3.90. The molecule has 1 N–H and O–H groups in total. The van der Waals surface area contributed by atoms with Gasteiger partial charge in [0, 0.05) is 28.8 Å². The van der Waals surface area contributed by atoms with Crippen molar-refractivity contribution < 1.29 is 31.4 Å². The number of rotatable bonds is 4. The standard InChI is InChI=1S/C16H21BrNO2.BrH/c17-15-3-1-13(2-4-15)16(20)10-18-7-5-12(6-8-18)14(9-18)11-19;/h1-4,12,14,19H,5-11H2;1H/q+1;/p-1. The molecule has 1 atom stereocenters. The summed E-state index contributed by atoms with van der Waals surface area (Å²) in [5.41, 5.74) is 0.800. The number of carbonyl (C=O) groups excluding carboxylic acids is 1. The van der Waals surface area contributed by atoms with Crippen LogP contribution in [0.25, 0.3) is 0 Å². The van der Waals surface area contributed by atoms with Gasteiger partial charge in [-0.25, -0.2) is 0 Å². The lowest BCUT2D eigenvalue weighted by molar-refractivity contribution is -0.939. The summed E-state index contributed by atoms with van der Waals surface area (Å²) in [5, 5.41) is 9.51. The Hall–Kier alpha value is -0.230. The summed E-state index contributed by atoms with van der Waals surface area (Å²) >= 11 is 3.40. The second-order valence-electron chi connectivity index (χ2n) is 6.34. The van der Waals surface area contributed by atoms with Crippen LogP contribution >= 0.6 is 15.9 Å². The van der Waals surface area contributed by atoms with Gasteiger partial charge < -0.3 is 26.6 Å². The minimum Gasteiger partial charge on any atom is -1.00 e. The molecule has 4 rings (SSSR count). The molecular formula is C16H21Br2NO2. The summed E-state index contributed by atoms with van der Waals surface area (Å²) in [4.78, 5) is 12.5. The zero-order valence-corrected chi connectivity index (χ0v) is 15.1. The number of aliphatic hydroxyl groups excluding tert-OH is 1. The predicted molar refractivity (Wildman–Crippen MR) is 81.5 cm³/mol. The van der Waals surface area contributed by atoms with Gasteiger partial charge in [0.15, 0.2) is 0 Å². The first-order valence-electron chi connectivity index (χ1n) is 7.37. The van der Waals surface area contributed by atoms with E-state index in [-0.39, 0.29) is 29.4 Å². The third-order valence-corrected chi connectivity index (χ3v) is 5.65. The molecule has 0 radical (unpaired) electrons. The molecule has 116 valence electrons. The summed E-state index contributed by atoms with van der Waals surface area (Å²) in [5.74, 6) is 1.31. The summed E-state index contributed by atoms with van der Waals surface area (Å²) in [7, 11) is 0. The Bertz CT molecular complexity index is 496. The number of ketones is 1. The van der Waals surface area contributed by atoms with Crippen LogP contribution in [0.3, 0.4) is 0 Å². The average molecular weight is 419 g/mol. The van der Waals surface area contributed by atoms with Crippen molar-refractivity contribution in [1.29, 1.82) is 0 Å². The van der Waals surface area contributed by atoms with E-state index in [9.17, 15) is 9.90 Å². The lowest BCUT2D eigenvalue weighted by atomic mass is 9.77. The smallest absolute Gasteiger partial charge is 0.216 e. The first-order valence-corrected chi connectivity index (χ1v) is 8.16. The van der Waals surface area contributed by atoms with E-state index >= 15 is 0 Å². The fraction of sp³-hybridized carbons (Fsp3) is 0.562. The van der Waals surface area contributed by atoms with Crippen LogP contribution in [0, 0.1) is 11.8 Å². The van der Waals surface area contributed by atoms with Crippen molar-refractivity contribution in [3.63, 3.8) is 0 Å². The molecule has 3 fully saturated rings. The molecule has 1 aromatic rings. The number of quaternary nitrogens is 1. The molecule has 1 unspecified atom stereocenters. The van der Waals surface area contributed by atoms with Crippen molar-refractivity contribution in [2.75, 3.05) is 32.8 Å². The topological polar surface area (TPSA) is 37.3 Å². The molecule has 21 heavy (non-hydrogen) atoms. The van der Waals surface area contributed by atoms with E-state index < -0.39 is 0 Å². The maximum atomic E-state index is 12.5. The fourth-order valence-corrected chi connectivity index (χ4v) is 4.16. The van der Waals surface area contributed by atoms with Gasteiger partial charge in [-0.3, -0.25) is 4.79 Å². The van der Waals surface area contributed by atoms with Gasteiger partial charge in [0.2, 0.25) is 5.78 Å². The lowest BCUT2D eigenvalue weighted by Crippen LogP contribution is -3.00. The van der Waals surface area contributed by atoms with E-state index in [0.717, 1.165) is 34.2 Å². The predicted octanol–water partition coefficient (Wildman–Crippen LogP) is -0.515. The molecule has 5 heteroatoms. The third-order valence-electron chi connectivity index (χ3n) is 5.12. The number of hydrogen-bond donors (Lipinski definition) is 1. The van der Waals surface area contributed by atoms with Crippen molar-refractivity contribution in [2.45, 2.75) is 12.8 Å². The van der Waals surface area contributed by atoms with Crippen LogP contribution in [-0.2, 0) is 0 Å². The first-order chi connectivity index (χ1) is 9.62. The van der Waals surface area contributed by atoms with E-state index in [2.05, 4.69) is 15.9 Å². The van der Waals surface area contributed by atoms with Crippen molar-refractivity contribution in [2.24, 2.45) is 11.8 Å². The van der Waals surface area contributed by atoms with Crippen LogP contribution in [0.1, 0.15) is 23.2 Å². The molecule has 3 aliphatic rings. The Morgan fingerprint density at radius 3 is 2.43 bits per heavy atom. The second kappa shape index (κ2) is 6.90. The zero-order chi connectivity index (χ0) is 14.2. The second-order valence-corrected chi connectivity index (χ2v) is 7.26. The van der Waals surface area contributed by atoms with Crippen LogP contribution in [0.4, 0.5) is 0 Å². The highest BCUT2D eigenvalue weighted by molar-refractivity contribution is 9.10. The normalized spacial score (nSPS) is 30.8. The minimum absolute atomic E-state index is 0. The largest absolute Gasteiger partial charge is 1.00 e. The highest BCUT2D eigenvalue weighted by Gasteiger charge is 2.46. The molecule has 3 nitrogen and oxygen atoms in total. The molecule has 0 saturated carbocycles. The van der Waals surface area contributed by atoms with Crippen molar-refractivity contribution in [3.05, 3.63) is 34.3 Å². The summed E-state index contributed by atoms with van der Waals surface area (Å²) in [6.45, 7) is 4.04. The molecule has 3 aliphatic heterocycles. The number of benzene rings is 1. The number of fused-ring (bicyclic) bond motifs is 3. The van der Waals surface area contributed by atoms with Gasteiger partial charge in [0.25, 0.3) is 0 Å². The van der Waals surface area contributed by atoms with Crippen LogP contribution < -0.4 is 17.0 Å². The van der Waals surface area contributed by atoms with Gasteiger partial charge in [0.1, 0.15) is 6.54 Å². The van der Waals surface area contributed by atoms with E-state index in [0.29, 0.717) is 18.4 Å². The zero-order valence-electron chi connectivity index (χ0n) is 12.0. The molecular weight excluding hydrogens is 398 g/mol. The SMILES string of the molecule is O=C(C[N+]12CCC(CC1)C(CO)C2)c1ccc(Br)cc1.[Br-]. The van der Waals surface area contributed by atoms with E-state index in [4.69, 9.17) is 0 Å². The average Bonchev–Trinajstić information content (AvgIpc) is 2.48. The molecule has 0 amide bonds. The number of Topliss-reactive ketones (excluding diaryl/α,β-unsaturated/α-hetero) is 1. The Morgan fingerprint density at radius 2 is 1.86 bits per heavy atom. The quantitative estimate of drug-likeness (QED) is 0.528. The third kappa shape index (κ3) is 3.58. The minimum atomic E-state index is 0. The van der Waals surface area contributed by atoms with Gasteiger partial charge >= 0.3 is 0 Å². The van der Waals surface area contributed by atoms with Crippen LogP contribution in [0.5, 0.6) is 0 Å². The Balaban J connectivity index is 0.00000161. The van der Waals surface area contributed by atoms with Gasteiger partial charge in [0.05, 0.1) is 26.2 Å². The Labute approximate surface area is 144 Å². The van der Waals surface area contributed by atoms with E-state index in [1.54, 1.807) is 0 Å². The summed E-state index contributed by atoms with van der Waals surface area (Å²) in [6.07, 6.45) is 2.33. The van der Waals surface area contributed by atoms with Gasteiger partial charge in [-0.15, -0.1) is 0 Å². The molecule has 0 aromatic heterocycles. The van der Waals surface area contributed by atoms with E-state index in [1.807, 2.05) is 24.3 Å². The van der Waals surface area contributed by atoms with Gasteiger partial charge in [-0.05, 0) is 18.1 Å². The van der Waals surface area contributed by atoms with Gasteiger partial charge in [-0.1, -0.05) is 28.1 Å². The Morgan fingerprint density at radius 1 is 1.24 bits per heavy atom. The maximum Gasteiger partial charge on any atom is 0.216 e. The van der Waals surface area contributed by atoms with Crippen LogP contribution in [0.2, 0.25) is 0 Å². The lowest BCUT2D eigenvalue weighted by Gasteiger charge is -2.52. The molecule has 3 saturated heterocycles. The first kappa shape index (κ1) is 17.1. The summed E-state index contributed by atoms with van der Waals surface area (Å²) in [6, 6.07) is 7.63. The number of carbonyl (C=O) groups is 1. The molecule has 0 aliphatic carbocycles. The molecule has 1 aromatic carbocycles. The highest BCUT2D eigenvalue weighted by atomic mass is 79.9. The monoisotopic (exact) mass is 417 g/mol. The summed E-state index contributed by atoms with van der Waals surface area (Å²) < 4.78 is 1.89. The van der Waals surface area contributed by atoms with Crippen molar-refractivity contribution in [1.82, 2.24) is 0 Å². The number of halogens is 2. The highest BCUT2D eigenvalue weighted by Crippen LogP contribution is 2.37. The maximum absolute atomic E-state index is 12.5. The molecule has 0 spiro atoms. The van der Waals surface area contributed by atoms with Crippen molar-refractivity contribution >= 4 is 21.7 Å². The Kier molecular flexibility index (Phi) is 5.63. The number of nitrogens with zero attached hydrogens (tertiary/aromatic N) is 1. The molecule has 3 heterocycles. The van der Waals surface area contributed by atoms with Gasteiger partial charge in [-0.2, -0.15) is 0 Å². The van der Waals surface area contributed by atoms with Crippen molar-refractivity contribution in [3.8, 4) is 0 Å². The number of aliphatic hydroxyl groups is 1. The number of hydrogen-bond acceptors (Lipinski definition) is 2.